The first-order chi connectivity index (χ1) is 8.67. The molecule has 0 saturated carbocycles. The highest BCUT2D eigenvalue weighted by Crippen LogP contribution is 2.36. The number of aldehydes is 2. The molecule has 0 atom stereocenters. The van der Waals surface area contributed by atoms with E-state index in [0.29, 0.717) is 29.3 Å². The Balaban J connectivity index is 2.63. The summed E-state index contributed by atoms with van der Waals surface area (Å²) in [5, 5.41) is 19.3. The van der Waals surface area contributed by atoms with Crippen LogP contribution >= 0.6 is 0 Å². The largest absolute Gasteiger partial charge is 0.507 e. The average Bonchev–Trinajstić information content (AvgIpc) is 2.39. The third kappa shape index (κ3) is 1.96. The molecule has 0 aromatic heterocycles. The SMILES string of the molecule is O=Cc1cccc(-c2ccc(O)c(C=O)c2O)c1. The van der Waals surface area contributed by atoms with Crippen LogP contribution in [0.1, 0.15) is 20.7 Å². The Bertz CT molecular complexity index is 617. The maximum atomic E-state index is 10.8. The van der Waals surface area contributed by atoms with Crippen molar-refractivity contribution in [3.05, 3.63) is 47.5 Å². The standard InChI is InChI=1S/C14H10O4/c15-7-9-2-1-3-10(6-9)11-4-5-13(17)12(8-16)14(11)18/h1-8,17-18H. The summed E-state index contributed by atoms with van der Waals surface area (Å²) in [7, 11) is 0. The van der Waals surface area contributed by atoms with Crippen LogP contribution in [0.15, 0.2) is 36.4 Å². The zero-order valence-electron chi connectivity index (χ0n) is 9.33. The zero-order valence-corrected chi connectivity index (χ0v) is 9.33. The minimum absolute atomic E-state index is 0.163. The number of aromatic hydroxyl groups is 2. The monoisotopic (exact) mass is 242 g/mol. The van der Waals surface area contributed by atoms with Crippen molar-refractivity contribution < 1.29 is 19.8 Å². The molecule has 2 N–H and O–H groups in total. The maximum Gasteiger partial charge on any atom is 0.157 e. The summed E-state index contributed by atoms with van der Waals surface area (Å²) >= 11 is 0. The number of hydrogen-bond donors (Lipinski definition) is 2. The molecule has 0 amide bonds. The van der Waals surface area contributed by atoms with Gasteiger partial charge < -0.3 is 10.2 Å². The summed E-state index contributed by atoms with van der Waals surface area (Å²) in [5.41, 5.74) is 1.29. The van der Waals surface area contributed by atoms with E-state index in [1.165, 1.54) is 12.1 Å². The van der Waals surface area contributed by atoms with Crippen LogP contribution in [0.2, 0.25) is 0 Å². The van der Waals surface area contributed by atoms with E-state index in [4.69, 9.17) is 0 Å². The molecule has 0 heterocycles. The van der Waals surface area contributed by atoms with Gasteiger partial charge in [0.25, 0.3) is 0 Å². The predicted molar refractivity (Wildman–Crippen MR) is 66.0 cm³/mol. The molecule has 0 bridgehead atoms. The highest BCUT2D eigenvalue weighted by molar-refractivity contribution is 5.90. The first kappa shape index (κ1) is 11.9. The molecular formula is C14H10O4. The summed E-state index contributed by atoms with van der Waals surface area (Å²) in [5.74, 6) is -0.578. The third-order valence-corrected chi connectivity index (χ3v) is 2.65. The fraction of sp³-hybridized carbons (Fsp3) is 0. The molecule has 0 saturated heterocycles. The molecule has 0 unspecified atom stereocenters. The number of rotatable bonds is 3. The van der Waals surface area contributed by atoms with Gasteiger partial charge in [-0.1, -0.05) is 18.2 Å². The van der Waals surface area contributed by atoms with Gasteiger partial charge in [0.15, 0.2) is 6.29 Å². The molecule has 2 aromatic carbocycles. The van der Waals surface area contributed by atoms with Crippen LogP contribution in [0.4, 0.5) is 0 Å². The molecule has 18 heavy (non-hydrogen) atoms. The van der Waals surface area contributed by atoms with E-state index < -0.39 is 0 Å². The van der Waals surface area contributed by atoms with E-state index in [0.717, 1.165) is 0 Å². The Morgan fingerprint density at radius 2 is 1.72 bits per heavy atom. The summed E-state index contributed by atoms with van der Waals surface area (Å²) in [4.78, 5) is 21.5. The van der Waals surface area contributed by atoms with Gasteiger partial charge in [-0.05, 0) is 23.8 Å². The van der Waals surface area contributed by atoms with Crippen LogP contribution in [-0.4, -0.2) is 22.8 Å². The van der Waals surface area contributed by atoms with Crippen molar-refractivity contribution in [1.82, 2.24) is 0 Å². The summed E-state index contributed by atoms with van der Waals surface area (Å²) < 4.78 is 0. The fourth-order valence-electron chi connectivity index (χ4n) is 1.73. The Hall–Kier alpha value is -2.62. The van der Waals surface area contributed by atoms with E-state index in [9.17, 15) is 19.8 Å². The number of hydrogen-bond acceptors (Lipinski definition) is 4. The lowest BCUT2D eigenvalue weighted by Gasteiger charge is -2.08. The summed E-state index contributed by atoms with van der Waals surface area (Å²) in [6.07, 6.45) is 1.08. The van der Waals surface area contributed by atoms with Gasteiger partial charge in [0.2, 0.25) is 0 Å². The van der Waals surface area contributed by atoms with E-state index in [2.05, 4.69) is 0 Å². The molecule has 0 aliphatic rings. The van der Waals surface area contributed by atoms with Gasteiger partial charge in [0, 0.05) is 11.1 Å². The second-order valence-electron chi connectivity index (χ2n) is 3.76. The Kier molecular flexibility index (Phi) is 3.10. The van der Waals surface area contributed by atoms with Crippen molar-refractivity contribution >= 4 is 12.6 Å². The van der Waals surface area contributed by atoms with E-state index >= 15 is 0 Å². The number of benzene rings is 2. The molecule has 0 aliphatic carbocycles. The highest BCUT2D eigenvalue weighted by atomic mass is 16.3. The number of carbonyl (C=O) groups is 2. The molecule has 4 nitrogen and oxygen atoms in total. The van der Waals surface area contributed by atoms with Crippen LogP contribution in [0.5, 0.6) is 11.5 Å². The number of carbonyl (C=O) groups excluding carboxylic acids is 2. The molecule has 0 aliphatic heterocycles. The fourth-order valence-corrected chi connectivity index (χ4v) is 1.73. The first-order valence-corrected chi connectivity index (χ1v) is 5.23. The number of phenolic OH excluding ortho intramolecular Hbond substituents is 2. The van der Waals surface area contributed by atoms with Crippen molar-refractivity contribution in [2.45, 2.75) is 0 Å². The molecule has 0 fully saturated rings. The van der Waals surface area contributed by atoms with Crippen LogP contribution in [-0.2, 0) is 0 Å². The molecular weight excluding hydrogens is 232 g/mol. The van der Waals surface area contributed by atoms with Crippen molar-refractivity contribution in [1.29, 1.82) is 0 Å². The van der Waals surface area contributed by atoms with Crippen LogP contribution in [0.25, 0.3) is 11.1 Å². The summed E-state index contributed by atoms with van der Waals surface area (Å²) in [6, 6.07) is 9.41. The van der Waals surface area contributed by atoms with Crippen LogP contribution in [0.3, 0.4) is 0 Å². The lowest BCUT2D eigenvalue weighted by Crippen LogP contribution is -1.88. The van der Waals surface area contributed by atoms with Gasteiger partial charge >= 0.3 is 0 Å². The second-order valence-corrected chi connectivity index (χ2v) is 3.76. The predicted octanol–water partition coefficient (Wildman–Crippen LogP) is 2.39. The molecule has 2 rings (SSSR count). The topological polar surface area (TPSA) is 74.6 Å². The lowest BCUT2D eigenvalue weighted by atomic mass is 9.99. The molecule has 4 heteroatoms. The zero-order chi connectivity index (χ0) is 13.1. The third-order valence-electron chi connectivity index (χ3n) is 2.65. The van der Waals surface area contributed by atoms with E-state index in [-0.39, 0.29) is 17.1 Å². The second kappa shape index (κ2) is 4.71. The van der Waals surface area contributed by atoms with E-state index in [1.54, 1.807) is 24.3 Å². The Labute approximate surface area is 103 Å². The molecule has 0 spiro atoms. The Morgan fingerprint density at radius 1 is 0.944 bits per heavy atom. The summed E-state index contributed by atoms with van der Waals surface area (Å²) in [6.45, 7) is 0. The normalized spacial score (nSPS) is 10.0. The van der Waals surface area contributed by atoms with Crippen LogP contribution in [0, 0.1) is 0 Å². The van der Waals surface area contributed by atoms with Crippen molar-refractivity contribution in [3.8, 4) is 22.6 Å². The number of phenols is 2. The van der Waals surface area contributed by atoms with Crippen LogP contribution < -0.4 is 0 Å². The minimum atomic E-state index is -0.298. The smallest absolute Gasteiger partial charge is 0.157 e. The first-order valence-electron chi connectivity index (χ1n) is 5.23. The highest BCUT2D eigenvalue weighted by Gasteiger charge is 2.13. The van der Waals surface area contributed by atoms with Crippen molar-refractivity contribution in [3.63, 3.8) is 0 Å². The minimum Gasteiger partial charge on any atom is -0.507 e. The average molecular weight is 242 g/mol. The molecule has 90 valence electrons. The quantitative estimate of drug-likeness (QED) is 0.810. The molecule has 2 aromatic rings. The van der Waals surface area contributed by atoms with Gasteiger partial charge in [0.1, 0.15) is 17.8 Å². The van der Waals surface area contributed by atoms with E-state index in [1.807, 2.05) is 0 Å². The maximum absolute atomic E-state index is 10.8. The van der Waals surface area contributed by atoms with Gasteiger partial charge in [-0.3, -0.25) is 9.59 Å². The lowest BCUT2D eigenvalue weighted by molar-refractivity contribution is 0.111. The van der Waals surface area contributed by atoms with Crippen molar-refractivity contribution in [2.75, 3.05) is 0 Å². The van der Waals surface area contributed by atoms with Crippen molar-refractivity contribution in [2.24, 2.45) is 0 Å². The Morgan fingerprint density at radius 3 is 2.39 bits per heavy atom. The molecule has 0 radical (unpaired) electrons. The van der Waals surface area contributed by atoms with Gasteiger partial charge in [-0.25, -0.2) is 0 Å². The van der Waals surface area contributed by atoms with Gasteiger partial charge in [-0.15, -0.1) is 0 Å². The van der Waals surface area contributed by atoms with Gasteiger partial charge in [-0.2, -0.15) is 0 Å². The van der Waals surface area contributed by atoms with Gasteiger partial charge in [0.05, 0.1) is 5.56 Å².